The summed E-state index contributed by atoms with van der Waals surface area (Å²) in [6.07, 6.45) is -0.159. The molecular formula is C11H11NO2. The number of aliphatic carboxylic acids is 1. The average molecular weight is 189 g/mol. The maximum atomic E-state index is 10.2. The highest BCUT2D eigenvalue weighted by molar-refractivity contribution is 5.70. The number of hydrogen-bond acceptors (Lipinski definition) is 2. The van der Waals surface area contributed by atoms with E-state index in [0.717, 1.165) is 5.56 Å². The smallest absolute Gasteiger partial charge is 0.315 e. The van der Waals surface area contributed by atoms with Gasteiger partial charge in [-0.05, 0) is 18.6 Å². The standard InChI is InChI=1S/C11H11NO2/c1-8-4-2-5-9(11(8)12)6-3-7-10(13)14/h2,4-5H,7,12H2,1H3,(H,13,14). The normalized spacial score (nSPS) is 8.93. The van der Waals surface area contributed by atoms with Gasteiger partial charge in [0, 0.05) is 5.56 Å². The third kappa shape index (κ3) is 2.53. The summed E-state index contributed by atoms with van der Waals surface area (Å²) in [5.74, 6) is 4.34. The lowest BCUT2D eigenvalue weighted by atomic mass is 10.1. The molecule has 0 saturated carbocycles. The van der Waals surface area contributed by atoms with E-state index in [0.29, 0.717) is 11.3 Å². The van der Waals surface area contributed by atoms with Gasteiger partial charge in [-0.25, -0.2) is 0 Å². The molecule has 0 spiro atoms. The largest absolute Gasteiger partial charge is 0.481 e. The molecule has 1 rings (SSSR count). The topological polar surface area (TPSA) is 63.3 Å². The Kier molecular flexibility index (Phi) is 3.14. The minimum absolute atomic E-state index is 0.159. The third-order valence-corrected chi connectivity index (χ3v) is 1.79. The number of carboxylic acid groups (broad SMARTS) is 1. The first kappa shape index (κ1) is 10.1. The highest BCUT2D eigenvalue weighted by Crippen LogP contribution is 2.14. The maximum Gasteiger partial charge on any atom is 0.315 e. The third-order valence-electron chi connectivity index (χ3n) is 1.79. The molecule has 3 N–H and O–H groups in total. The maximum absolute atomic E-state index is 10.2. The molecule has 1 aromatic carbocycles. The summed E-state index contributed by atoms with van der Waals surface area (Å²) in [6.45, 7) is 1.89. The van der Waals surface area contributed by atoms with E-state index in [4.69, 9.17) is 10.8 Å². The van der Waals surface area contributed by atoms with Gasteiger partial charge in [-0.3, -0.25) is 4.79 Å². The summed E-state index contributed by atoms with van der Waals surface area (Å²) in [7, 11) is 0. The van der Waals surface area contributed by atoms with Crippen LogP contribution in [0.25, 0.3) is 0 Å². The van der Waals surface area contributed by atoms with Crippen LogP contribution in [-0.2, 0) is 4.79 Å². The first-order valence-corrected chi connectivity index (χ1v) is 4.17. The van der Waals surface area contributed by atoms with Gasteiger partial charge in [0.15, 0.2) is 0 Å². The molecule has 0 fully saturated rings. The number of nitrogen functional groups attached to an aromatic ring is 1. The monoisotopic (exact) mass is 189 g/mol. The minimum atomic E-state index is -0.927. The second kappa shape index (κ2) is 4.33. The molecule has 0 saturated heterocycles. The van der Waals surface area contributed by atoms with Crippen molar-refractivity contribution in [2.24, 2.45) is 0 Å². The van der Waals surface area contributed by atoms with Crippen molar-refractivity contribution in [3.63, 3.8) is 0 Å². The van der Waals surface area contributed by atoms with Crippen molar-refractivity contribution in [1.29, 1.82) is 0 Å². The van der Waals surface area contributed by atoms with E-state index >= 15 is 0 Å². The van der Waals surface area contributed by atoms with Crippen LogP contribution in [0.15, 0.2) is 18.2 Å². The van der Waals surface area contributed by atoms with Gasteiger partial charge in [0.2, 0.25) is 0 Å². The SMILES string of the molecule is Cc1cccc(C#CCC(=O)O)c1N. The lowest BCUT2D eigenvalue weighted by Crippen LogP contribution is -1.94. The lowest BCUT2D eigenvalue weighted by molar-refractivity contribution is -0.135. The zero-order chi connectivity index (χ0) is 10.6. The van der Waals surface area contributed by atoms with Gasteiger partial charge in [0.1, 0.15) is 6.42 Å². The Hall–Kier alpha value is -1.95. The van der Waals surface area contributed by atoms with E-state index < -0.39 is 5.97 Å². The fraction of sp³-hybridized carbons (Fsp3) is 0.182. The number of carbonyl (C=O) groups is 1. The molecule has 0 aliphatic carbocycles. The van der Waals surface area contributed by atoms with Crippen LogP contribution in [0.2, 0.25) is 0 Å². The molecule has 3 nitrogen and oxygen atoms in total. The Morgan fingerprint density at radius 2 is 2.29 bits per heavy atom. The molecule has 1 aromatic rings. The van der Waals surface area contributed by atoms with Gasteiger partial charge in [-0.15, -0.1) is 0 Å². The number of para-hydroxylation sites is 1. The second-order valence-electron chi connectivity index (χ2n) is 2.91. The molecular weight excluding hydrogens is 178 g/mol. The number of carboxylic acids is 1. The second-order valence-corrected chi connectivity index (χ2v) is 2.91. The van der Waals surface area contributed by atoms with E-state index in [1.807, 2.05) is 19.1 Å². The zero-order valence-corrected chi connectivity index (χ0v) is 7.87. The Morgan fingerprint density at radius 1 is 1.57 bits per heavy atom. The number of rotatable bonds is 1. The van der Waals surface area contributed by atoms with Crippen molar-refractivity contribution < 1.29 is 9.90 Å². The van der Waals surface area contributed by atoms with Crippen LogP contribution in [0, 0.1) is 18.8 Å². The fourth-order valence-corrected chi connectivity index (χ4v) is 1.00. The highest BCUT2D eigenvalue weighted by atomic mass is 16.4. The van der Waals surface area contributed by atoms with Gasteiger partial charge in [-0.1, -0.05) is 24.0 Å². The quantitative estimate of drug-likeness (QED) is 0.518. The molecule has 0 atom stereocenters. The molecule has 14 heavy (non-hydrogen) atoms. The number of hydrogen-bond donors (Lipinski definition) is 2. The summed E-state index contributed by atoms with van der Waals surface area (Å²) in [6, 6.07) is 5.51. The Morgan fingerprint density at radius 3 is 2.93 bits per heavy atom. The number of anilines is 1. The molecule has 0 radical (unpaired) electrons. The zero-order valence-electron chi connectivity index (χ0n) is 7.87. The van der Waals surface area contributed by atoms with Gasteiger partial charge in [-0.2, -0.15) is 0 Å². The van der Waals surface area contributed by atoms with Gasteiger partial charge in [0.25, 0.3) is 0 Å². The number of aryl methyl sites for hydroxylation is 1. The summed E-state index contributed by atoms with van der Waals surface area (Å²) in [4.78, 5) is 10.2. The Balaban J connectivity index is 2.90. The Bertz CT molecular complexity index is 413. The average Bonchev–Trinajstić information content (AvgIpc) is 2.12. The van der Waals surface area contributed by atoms with Crippen molar-refractivity contribution >= 4 is 11.7 Å². The van der Waals surface area contributed by atoms with Crippen LogP contribution in [-0.4, -0.2) is 11.1 Å². The predicted octanol–water partition coefficient (Wildman–Crippen LogP) is 1.40. The van der Waals surface area contributed by atoms with Crippen molar-refractivity contribution in [1.82, 2.24) is 0 Å². The van der Waals surface area contributed by atoms with Crippen molar-refractivity contribution in [3.05, 3.63) is 29.3 Å². The van der Waals surface area contributed by atoms with Gasteiger partial charge >= 0.3 is 5.97 Å². The van der Waals surface area contributed by atoms with Crippen molar-refractivity contribution in [2.45, 2.75) is 13.3 Å². The summed E-state index contributed by atoms with van der Waals surface area (Å²) >= 11 is 0. The summed E-state index contributed by atoms with van der Waals surface area (Å²) in [5, 5.41) is 8.38. The Labute approximate surface area is 82.6 Å². The first-order valence-electron chi connectivity index (χ1n) is 4.17. The van der Waals surface area contributed by atoms with Crippen molar-refractivity contribution in [2.75, 3.05) is 5.73 Å². The van der Waals surface area contributed by atoms with E-state index in [1.54, 1.807) is 6.07 Å². The van der Waals surface area contributed by atoms with Gasteiger partial charge in [0.05, 0.1) is 5.69 Å². The minimum Gasteiger partial charge on any atom is -0.481 e. The highest BCUT2D eigenvalue weighted by Gasteiger charge is 1.97. The van der Waals surface area contributed by atoms with Crippen LogP contribution in [0.4, 0.5) is 5.69 Å². The first-order chi connectivity index (χ1) is 6.61. The molecule has 3 heteroatoms. The van der Waals surface area contributed by atoms with Crippen LogP contribution >= 0.6 is 0 Å². The van der Waals surface area contributed by atoms with E-state index in [1.165, 1.54) is 0 Å². The van der Waals surface area contributed by atoms with Crippen LogP contribution in [0.3, 0.4) is 0 Å². The van der Waals surface area contributed by atoms with E-state index in [2.05, 4.69) is 11.8 Å². The molecule has 0 unspecified atom stereocenters. The van der Waals surface area contributed by atoms with Crippen LogP contribution < -0.4 is 5.73 Å². The summed E-state index contributed by atoms with van der Waals surface area (Å²) < 4.78 is 0. The van der Waals surface area contributed by atoms with Crippen LogP contribution in [0.1, 0.15) is 17.5 Å². The molecule has 0 bridgehead atoms. The van der Waals surface area contributed by atoms with Gasteiger partial charge < -0.3 is 10.8 Å². The predicted molar refractivity (Wildman–Crippen MR) is 54.7 cm³/mol. The van der Waals surface area contributed by atoms with Crippen LogP contribution in [0.5, 0.6) is 0 Å². The lowest BCUT2D eigenvalue weighted by Gasteiger charge is -2.00. The molecule has 0 heterocycles. The molecule has 0 amide bonds. The summed E-state index contributed by atoms with van der Waals surface area (Å²) in [5.41, 5.74) is 8.00. The molecule has 72 valence electrons. The molecule has 0 aliphatic heterocycles. The van der Waals surface area contributed by atoms with E-state index in [-0.39, 0.29) is 6.42 Å². The molecule has 0 aromatic heterocycles. The van der Waals surface area contributed by atoms with E-state index in [9.17, 15) is 4.79 Å². The fourth-order valence-electron chi connectivity index (χ4n) is 1.00. The molecule has 0 aliphatic rings. The van der Waals surface area contributed by atoms with Crippen molar-refractivity contribution in [3.8, 4) is 11.8 Å². The number of benzene rings is 1. The number of nitrogens with two attached hydrogens (primary N) is 1.